The first-order valence-corrected chi connectivity index (χ1v) is 5.42. The standard InChI is InChI=1S/C11H14FN3O3/c1-13-3-2-4-14-11(16)8-5-9(12)7-10(6-8)15(17)18/h5-7,13H,2-4H2,1H3,(H,14,16). The highest BCUT2D eigenvalue weighted by Crippen LogP contribution is 2.16. The van der Waals surface area contributed by atoms with Gasteiger partial charge in [-0.15, -0.1) is 0 Å². The van der Waals surface area contributed by atoms with Gasteiger partial charge in [0, 0.05) is 18.2 Å². The van der Waals surface area contributed by atoms with Gasteiger partial charge in [-0.25, -0.2) is 4.39 Å². The molecule has 0 unspecified atom stereocenters. The maximum absolute atomic E-state index is 13.1. The SMILES string of the molecule is CNCCCNC(=O)c1cc(F)cc([N+](=O)[O-])c1. The fraction of sp³-hybridized carbons (Fsp3) is 0.364. The zero-order valence-corrected chi connectivity index (χ0v) is 9.90. The van der Waals surface area contributed by atoms with Crippen LogP contribution in [0.5, 0.6) is 0 Å². The molecule has 0 aliphatic heterocycles. The van der Waals surface area contributed by atoms with Crippen LogP contribution in [0.1, 0.15) is 16.8 Å². The molecular weight excluding hydrogens is 241 g/mol. The van der Waals surface area contributed by atoms with Gasteiger partial charge in [-0.2, -0.15) is 0 Å². The van der Waals surface area contributed by atoms with E-state index < -0.39 is 22.3 Å². The van der Waals surface area contributed by atoms with Crippen molar-refractivity contribution in [3.8, 4) is 0 Å². The van der Waals surface area contributed by atoms with Crippen molar-refractivity contribution in [3.05, 3.63) is 39.7 Å². The van der Waals surface area contributed by atoms with E-state index in [1.165, 1.54) is 0 Å². The first kappa shape index (κ1) is 14.0. The van der Waals surface area contributed by atoms with Crippen LogP contribution < -0.4 is 10.6 Å². The third-order valence-electron chi connectivity index (χ3n) is 2.24. The second-order valence-electron chi connectivity index (χ2n) is 3.67. The number of amides is 1. The van der Waals surface area contributed by atoms with Crippen molar-refractivity contribution >= 4 is 11.6 Å². The Morgan fingerprint density at radius 1 is 1.39 bits per heavy atom. The van der Waals surface area contributed by atoms with E-state index in [2.05, 4.69) is 10.6 Å². The lowest BCUT2D eigenvalue weighted by atomic mass is 10.2. The molecule has 6 nitrogen and oxygen atoms in total. The molecule has 0 saturated carbocycles. The Kier molecular flexibility index (Phi) is 5.19. The molecule has 0 bridgehead atoms. The van der Waals surface area contributed by atoms with Crippen molar-refractivity contribution in [2.75, 3.05) is 20.1 Å². The fourth-order valence-corrected chi connectivity index (χ4v) is 1.38. The summed E-state index contributed by atoms with van der Waals surface area (Å²) in [6, 6.07) is 2.80. The van der Waals surface area contributed by atoms with Crippen LogP contribution >= 0.6 is 0 Å². The Morgan fingerprint density at radius 3 is 2.72 bits per heavy atom. The first-order chi connectivity index (χ1) is 8.54. The highest BCUT2D eigenvalue weighted by atomic mass is 19.1. The lowest BCUT2D eigenvalue weighted by Gasteiger charge is -2.05. The predicted octanol–water partition coefficient (Wildman–Crippen LogP) is 1.07. The number of nitro benzene ring substituents is 1. The van der Waals surface area contributed by atoms with Crippen molar-refractivity contribution in [1.82, 2.24) is 10.6 Å². The first-order valence-electron chi connectivity index (χ1n) is 5.42. The van der Waals surface area contributed by atoms with Gasteiger partial charge in [-0.3, -0.25) is 14.9 Å². The molecule has 1 amide bonds. The number of non-ortho nitro benzene ring substituents is 1. The molecule has 0 fully saturated rings. The van der Waals surface area contributed by atoms with Gasteiger partial charge >= 0.3 is 0 Å². The number of carbonyl (C=O) groups is 1. The van der Waals surface area contributed by atoms with E-state index in [9.17, 15) is 19.3 Å². The molecule has 1 rings (SSSR count). The van der Waals surface area contributed by atoms with Gasteiger partial charge in [0.2, 0.25) is 0 Å². The average molecular weight is 255 g/mol. The van der Waals surface area contributed by atoms with Crippen LogP contribution in [0.2, 0.25) is 0 Å². The number of nitrogens with one attached hydrogen (secondary N) is 2. The Balaban J connectivity index is 2.70. The second kappa shape index (κ2) is 6.65. The molecule has 0 radical (unpaired) electrons. The Morgan fingerprint density at radius 2 is 2.11 bits per heavy atom. The fourth-order valence-electron chi connectivity index (χ4n) is 1.38. The van der Waals surface area contributed by atoms with Crippen LogP contribution in [0.15, 0.2) is 18.2 Å². The molecule has 7 heteroatoms. The van der Waals surface area contributed by atoms with E-state index in [1.807, 2.05) is 0 Å². The summed E-state index contributed by atoms with van der Waals surface area (Å²) in [6.45, 7) is 1.16. The van der Waals surface area contributed by atoms with Gasteiger partial charge in [0.15, 0.2) is 0 Å². The molecule has 0 spiro atoms. The molecule has 0 heterocycles. The number of carbonyl (C=O) groups excluding carboxylic acids is 1. The molecule has 98 valence electrons. The Labute approximate surface area is 103 Å². The quantitative estimate of drug-likeness (QED) is 0.452. The molecule has 0 atom stereocenters. The summed E-state index contributed by atoms with van der Waals surface area (Å²) in [7, 11) is 1.79. The third-order valence-corrected chi connectivity index (χ3v) is 2.24. The van der Waals surface area contributed by atoms with E-state index in [0.717, 1.165) is 31.2 Å². The van der Waals surface area contributed by atoms with Crippen LogP contribution in [0.3, 0.4) is 0 Å². The second-order valence-corrected chi connectivity index (χ2v) is 3.67. The zero-order valence-electron chi connectivity index (χ0n) is 9.90. The molecule has 0 aromatic heterocycles. The van der Waals surface area contributed by atoms with Crippen LogP contribution in [0.4, 0.5) is 10.1 Å². The van der Waals surface area contributed by atoms with Gasteiger partial charge in [0.1, 0.15) is 5.82 Å². The van der Waals surface area contributed by atoms with E-state index in [4.69, 9.17) is 0 Å². The van der Waals surface area contributed by atoms with Crippen molar-refractivity contribution in [1.29, 1.82) is 0 Å². The summed E-state index contributed by atoms with van der Waals surface area (Å²) >= 11 is 0. The summed E-state index contributed by atoms with van der Waals surface area (Å²) < 4.78 is 13.1. The van der Waals surface area contributed by atoms with Crippen molar-refractivity contribution in [2.45, 2.75) is 6.42 Å². The summed E-state index contributed by atoms with van der Waals surface area (Å²) in [5.74, 6) is -1.32. The normalized spacial score (nSPS) is 10.1. The number of benzene rings is 1. The lowest BCUT2D eigenvalue weighted by molar-refractivity contribution is -0.385. The number of nitrogens with zero attached hydrogens (tertiary/aromatic N) is 1. The lowest BCUT2D eigenvalue weighted by Crippen LogP contribution is -2.26. The van der Waals surface area contributed by atoms with E-state index in [1.54, 1.807) is 7.05 Å². The van der Waals surface area contributed by atoms with E-state index >= 15 is 0 Å². The average Bonchev–Trinajstić information content (AvgIpc) is 2.33. The molecule has 0 aliphatic rings. The topological polar surface area (TPSA) is 84.3 Å². The van der Waals surface area contributed by atoms with Gasteiger partial charge < -0.3 is 10.6 Å². The summed E-state index contributed by atoms with van der Waals surface area (Å²) in [6.07, 6.45) is 0.722. The number of halogens is 1. The molecule has 0 saturated heterocycles. The molecule has 2 N–H and O–H groups in total. The molecular formula is C11H14FN3O3. The summed E-state index contributed by atoms with van der Waals surface area (Å²) in [4.78, 5) is 21.4. The van der Waals surface area contributed by atoms with Crippen molar-refractivity contribution in [2.24, 2.45) is 0 Å². The van der Waals surface area contributed by atoms with Gasteiger partial charge in [-0.05, 0) is 26.1 Å². The zero-order chi connectivity index (χ0) is 13.5. The summed E-state index contributed by atoms with van der Waals surface area (Å²) in [5, 5.41) is 16.0. The van der Waals surface area contributed by atoms with Crippen LogP contribution in [-0.4, -0.2) is 31.0 Å². The molecule has 1 aromatic rings. The van der Waals surface area contributed by atoms with Gasteiger partial charge in [-0.1, -0.05) is 0 Å². The minimum Gasteiger partial charge on any atom is -0.352 e. The van der Waals surface area contributed by atoms with E-state index in [0.29, 0.717) is 6.54 Å². The number of nitro groups is 1. The number of hydrogen-bond acceptors (Lipinski definition) is 4. The van der Waals surface area contributed by atoms with Crippen LogP contribution in [-0.2, 0) is 0 Å². The largest absolute Gasteiger partial charge is 0.352 e. The predicted molar refractivity (Wildman–Crippen MR) is 63.9 cm³/mol. The van der Waals surface area contributed by atoms with E-state index in [-0.39, 0.29) is 5.56 Å². The monoisotopic (exact) mass is 255 g/mol. The van der Waals surface area contributed by atoms with Crippen LogP contribution in [0, 0.1) is 15.9 Å². The number of hydrogen-bond donors (Lipinski definition) is 2. The molecule has 18 heavy (non-hydrogen) atoms. The van der Waals surface area contributed by atoms with Crippen molar-refractivity contribution in [3.63, 3.8) is 0 Å². The van der Waals surface area contributed by atoms with Gasteiger partial charge in [0.25, 0.3) is 11.6 Å². The maximum Gasteiger partial charge on any atom is 0.273 e. The maximum atomic E-state index is 13.1. The third kappa shape index (κ3) is 4.10. The molecule has 1 aromatic carbocycles. The minimum atomic E-state index is -0.801. The summed E-state index contributed by atoms with van der Waals surface area (Å²) in [5.41, 5.74) is -0.485. The van der Waals surface area contributed by atoms with Crippen LogP contribution in [0.25, 0.3) is 0 Å². The minimum absolute atomic E-state index is 0.0499. The highest BCUT2D eigenvalue weighted by molar-refractivity contribution is 5.94. The van der Waals surface area contributed by atoms with Crippen molar-refractivity contribution < 1.29 is 14.1 Å². The van der Waals surface area contributed by atoms with Gasteiger partial charge in [0.05, 0.1) is 11.0 Å². The Hall–Kier alpha value is -2.02. The number of rotatable bonds is 6. The molecule has 0 aliphatic carbocycles. The highest BCUT2D eigenvalue weighted by Gasteiger charge is 2.14. The Bertz CT molecular complexity index is 451. The smallest absolute Gasteiger partial charge is 0.273 e.